The number of carbonyl (C=O) groups is 1. The topological polar surface area (TPSA) is 55.8 Å². The third-order valence-corrected chi connectivity index (χ3v) is 3.66. The maximum Gasteiger partial charge on any atom is 0.430 e. The smallest absolute Gasteiger partial charge is 0.430 e. The third-order valence-electron chi connectivity index (χ3n) is 3.66. The van der Waals surface area contributed by atoms with Crippen LogP contribution in [-0.4, -0.2) is 37.6 Å². The fourth-order valence-electron chi connectivity index (χ4n) is 2.03. The van der Waals surface area contributed by atoms with Gasteiger partial charge in [0, 0.05) is 12.7 Å². The van der Waals surface area contributed by atoms with Gasteiger partial charge in [0.1, 0.15) is 0 Å². The second-order valence-corrected chi connectivity index (χ2v) is 5.01. The number of aliphatic hydroxyl groups is 1. The lowest BCUT2D eigenvalue weighted by Gasteiger charge is -2.33. The van der Waals surface area contributed by atoms with Crippen molar-refractivity contribution in [3.8, 4) is 0 Å². The molecule has 24 heavy (non-hydrogen) atoms. The Hall–Kier alpha value is -1.81. The molecule has 1 rings (SSSR count). The van der Waals surface area contributed by atoms with E-state index in [4.69, 9.17) is 4.74 Å². The van der Waals surface area contributed by atoms with E-state index in [0.717, 1.165) is 26.4 Å². The van der Waals surface area contributed by atoms with Gasteiger partial charge in [-0.15, -0.1) is 0 Å². The van der Waals surface area contributed by atoms with Gasteiger partial charge in [-0.2, -0.15) is 26.3 Å². The van der Waals surface area contributed by atoms with Crippen LogP contribution in [0.1, 0.15) is 18.1 Å². The normalized spacial score (nSPS) is 15.8. The van der Waals surface area contributed by atoms with Crippen LogP contribution in [-0.2, 0) is 25.5 Å². The number of halogens is 6. The second kappa shape index (κ2) is 6.25. The molecule has 1 aromatic carbocycles. The van der Waals surface area contributed by atoms with Crippen molar-refractivity contribution in [3.63, 3.8) is 0 Å². The lowest BCUT2D eigenvalue weighted by atomic mass is 9.88. The van der Waals surface area contributed by atoms with E-state index in [9.17, 15) is 36.2 Å². The van der Waals surface area contributed by atoms with Crippen LogP contribution in [0.25, 0.3) is 0 Å². The summed E-state index contributed by atoms with van der Waals surface area (Å²) in [5.74, 6) is -0.903. The summed E-state index contributed by atoms with van der Waals surface area (Å²) >= 11 is 0. The Morgan fingerprint density at radius 2 is 1.29 bits per heavy atom. The fourth-order valence-corrected chi connectivity index (χ4v) is 2.03. The molecule has 0 radical (unpaired) electrons. The number of hydrogen-bond donors (Lipinski definition) is 1. The van der Waals surface area contributed by atoms with Crippen molar-refractivity contribution in [3.05, 3.63) is 35.4 Å². The van der Waals surface area contributed by atoms with E-state index < -0.39 is 35.1 Å². The molecule has 4 nitrogen and oxygen atoms in total. The molecule has 0 aliphatic heterocycles. The average Bonchev–Trinajstić information content (AvgIpc) is 2.50. The number of hydrogen-bond acceptors (Lipinski definition) is 4. The van der Waals surface area contributed by atoms with Gasteiger partial charge < -0.3 is 14.6 Å². The molecule has 0 saturated heterocycles. The summed E-state index contributed by atoms with van der Waals surface area (Å²) in [5.41, 5.74) is -8.25. The van der Waals surface area contributed by atoms with Crippen molar-refractivity contribution < 1.29 is 45.7 Å². The SMILES string of the molecule is COC(=O)C(C)(OC)c1ccc(C(O)(C(F)(F)F)C(F)(F)F)cc1. The number of ether oxygens (including phenoxy) is 2. The third kappa shape index (κ3) is 3.07. The summed E-state index contributed by atoms with van der Waals surface area (Å²) in [4.78, 5) is 11.7. The summed E-state index contributed by atoms with van der Waals surface area (Å²) < 4.78 is 86.3. The Morgan fingerprint density at radius 3 is 1.58 bits per heavy atom. The Bertz CT molecular complexity index is 579. The highest BCUT2D eigenvalue weighted by Crippen LogP contribution is 2.50. The fraction of sp³-hybridized carbons (Fsp3) is 0.500. The van der Waals surface area contributed by atoms with Crippen molar-refractivity contribution in [2.75, 3.05) is 14.2 Å². The summed E-state index contributed by atoms with van der Waals surface area (Å²) in [5, 5.41) is 9.29. The molecule has 0 heterocycles. The first-order valence-electron chi connectivity index (χ1n) is 6.36. The van der Waals surface area contributed by atoms with Gasteiger partial charge in [-0.3, -0.25) is 0 Å². The summed E-state index contributed by atoms with van der Waals surface area (Å²) in [7, 11) is 2.16. The summed E-state index contributed by atoms with van der Waals surface area (Å²) in [6.45, 7) is 1.23. The van der Waals surface area contributed by atoms with E-state index >= 15 is 0 Å². The van der Waals surface area contributed by atoms with Crippen LogP contribution in [0.4, 0.5) is 26.3 Å². The standard InChI is InChI=1S/C14H14F6O4/c1-11(24-3,10(21)23-2)8-4-6-9(7-5-8)12(22,13(15,16)17)14(18,19)20/h4-7,22H,1-3H3. The lowest BCUT2D eigenvalue weighted by Crippen LogP contribution is -2.53. The first-order chi connectivity index (χ1) is 10.8. The largest absolute Gasteiger partial charge is 0.467 e. The maximum atomic E-state index is 12.8. The van der Waals surface area contributed by atoms with Crippen molar-refractivity contribution in [2.45, 2.75) is 30.5 Å². The van der Waals surface area contributed by atoms with E-state index in [2.05, 4.69) is 4.74 Å². The highest BCUT2D eigenvalue weighted by molar-refractivity contribution is 5.80. The van der Waals surface area contributed by atoms with E-state index in [1.807, 2.05) is 0 Å². The van der Waals surface area contributed by atoms with Crippen molar-refractivity contribution in [1.82, 2.24) is 0 Å². The predicted molar refractivity (Wildman–Crippen MR) is 68.8 cm³/mol. The minimum absolute atomic E-state index is 0.0488. The zero-order valence-corrected chi connectivity index (χ0v) is 12.7. The van der Waals surface area contributed by atoms with Gasteiger partial charge >= 0.3 is 18.3 Å². The highest BCUT2D eigenvalue weighted by atomic mass is 19.4. The Morgan fingerprint density at radius 1 is 0.917 bits per heavy atom. The van der Waals surface area contributed by atoms with Crippen LogP contribution in [0.5, 0.6) is 0 Å². The zero-order valence-electron chi connectivity index (χ0n) is 12.7. The number of methoxy groups -OCH3 is 2. The van der Waals surface area contributed by atoms with E-state index in [1.54, 1.807) is 0 Å². The molecule has 0 aliphatic rings. The van der Waals surface area contributed by atoms with Gasteiger partial charge in [0.05, 0.1) is 7.11 Å². The molecule has 0 saturated carbocycles. The molecule has 1 aromatic rings. The highest BCUT2D eigenvalue weighted by Gasteiger charge is 2.71. The summed E-state index contributed by atoms with van der Waals surface area (Å²) in [6, 6.07) is 2.49. The Balaban J connectivity index is 3.44. The van der Waals surface area contributed by atoms with Crippen LogP contribution in [0.3, 0.4) is 0 Å². The molecule has 0 aliphatic carbocycles. The quantitative estimate of drug-likeness (QED) is 0.663. The Labute approximate surface area is 133 Å². The van der Waals surface area contributed by atoms with Gasteiger partial charge in [0.15, 0.2) is 5.60 Å². The molecule has 1 atom stereocenters. The van der Waals surface area contributed by atoms with Crippen LogP contribution in [0.2, 0.25) is 0 Å². The second-order valence-electron chi connectivity index (χ2n) is 5.01. The van der Waals surface area contributed by atoms with Crippen molar-refractivity contribution in [1.29, 1.82) is 0 Å². The summed E-state index contributed by atoms with van der Waals surface area (Å²) in [6.07, 6.45) is -12.0. The number of benzene rings is 1. The molecule has 0 fully saturated rings. The monoisotopic (exact) mass is 360 g/mol. The van der Waals surface area contributed by atoms with E-state index in [-0.39, 0.29) is 5.56 Å². The van der Waals surface area contributed by atoms with Crippen LogP contribution >= 0.6 is 0 Å². The maximum absolute atomic E-state index is 12.8. The Kier molecular flexibility index (Phi) is 5.27. The molecule has 0 amide bonds. The number of alkyl halides is 6. The van der Waals surface area contributed by atoms with Crippen LogP contribution in [0, 0.1) is 0 Å². The molecule has 1 N–H and O–H groups in total. The van der Waals surface area contributed by atoms with Gasteiger partial charge in [-0.25, -0.2) is 4.79 Å². The minimum Gasteiger partial charge on any atom is -0.467 e. The average molecular weight is 360 g/mol. The lowest BCUT2D eigenvalue weighted by molar-refractivity contribution is -0.376. The van der Waals surface area contributed by atoms with Crippen LogP contribution in [0.15, 0.2) is 24.3 Å². The first-order valence-corrected chi connectivity index (χ1v) is 6.36. The van der Waals surface area contributed by atoms with Gasteiger partial charge in [-0.1, -0.05) is 24.3 Å². The molecule has 1 unspecified atom stereocenters. The predicted octanol–water partition coefficient (Wildman–Crippen LogP) is 3.03. The number of rotatable bonds is 4. The van der Waals surface area contributed by atoms with Gasteiger partial charge in [-0.05, 0) is 12.5 Å². The number of esters is 1. The van der Waals surface area contributed by atoms with E-state index in [0.29, 0.717) is 12.1 Å². The van der Waals surface area contributed by atoms with Gasteiger partial charge in [0.25, 0.3) is 5.60 Å². The van der Waals surface area contributed by atoms with Crippen LogP contribution < -0.4 is 0 Å². The molecule has 136 valence electrons. The molecule has 0 spiro atoms. The molecular weight excluding hydrogens is 346 g/mol. The zero-order chi connectivity index (χ0) is 19.0. The number of carbonyl (C=O) groups excluding carboxylic acids is 1. The molecule has 0 bridgehead atoms. The molecule has 10 heteroatoms. The molecule has 0 aromatic heterocycles. The van der Waals surface area contributed by atoms with Crippen molar-refractivity contribution >= 4 is 5.97 Å². The molecular formula is C14H14F6O4. The first kappa shape index (κ1) is 20.2. The minimum atomic E-state index is -5.99. The van der Waals surface area contributed by atoms with E-state index in [1.165, 1.54) is 6.92 Å². The van der Waals surface area contributed by atoms with Crippen molar-refractivity contribution in [2.24, 2.45) is 0 Å². The van der Waals surface area contributed by atoms with Gasteiger partial charge in [0.2, 0.25) is 0 Å².